The lowest BCUT2D eigenvalue weighted by Crippen LogP contribution is -2.21. The molecule has 0 bridgehead atoms. The molecule has 1 aliphatic rings. The Labute approximate surface area is 167 Å². The molecule has 0 radical (unpaired) electrons. The van der Waals surface area contributed by atoms with Crippen LogP contribution in [0.2, 0.25) is 0 Å². The maximum absolute atomic E-state index is 10.1. The molecule has 0 amide bonds. The van der Waals surface area contributed by atoms with Crippen LogP contribution in [0.5, 0.6) is 17.2 Å². The standard InChI is InChI=1S/C23H30O5/c1-5-15-6-8-16(9-7-15)10-18-14-28-22(19(18)13-24)17-11-20(25-2)23(27-4)21(12-17)26-3/h6-9,11-12,18-19,22,24H,5,10,13-14H2,1-4H3/t18-,19-,22+/m0/s1. The van der Waals surface area contributed by atoms with Crippen LogP contribution in [-0.4, -0.2) is 39.6 Å². The number of ether oxygens (including phenoxy) is 4. The first-order valence-corrected chi connectivity index (χ1v) is 9.75. The smallest absolute Gasteiger partial charge is 0.203 e. The average molecular weight is 386 g/mol. The number of benzene rings is 2. The van der Waals surface area contributed by atoms with Gasteiger partial charge < -0.3 is 24.1 Å². The second-order valence-electron chi connectivity index (χ2n) is 7.19. The van der Waals surface area contributed by atoms with Gasteiger partial charge in [0.25, 0.3) is 0 Å². The summed E-state index contributed by atoms with van der Waals surface area (Å²) >= 11 is 0. The largest absolute Gasteiger partial charge is 0.493 e. The van der Waals surface area contributed by atoms with Gasteiger partial charge in [-0.05, 0) is 47.6 Å². The molecule has 3 atom stereocenters. The molecule has 152 valence electrons. The van der Waals surface area contributed by atoms with Crippen molar-refractivity contribution in [1.82, 2.24) is 0 Å². The first-order valence-electron chi connectivity index (χ1n) is 9.75. The van der Waals surface area contributed by atoms with Crippen molar-refractivity contribution < 1.29 is 24.1 Å². The van der Waals surface area contributed by atoms with E-state index < -0.39 is 0 Å². The van der Waals surface area contributed by atoms with Crippen LogP contribution in [0.1, 0.15) is 29.7 Å². The van der Waals surface area contributed by atoms with Gasteiger partial charge in [0.2, 0.25) is 5.75 Å². The monoisotopic (exact) mass is 386 g/mol. The number of aliphatic hydroxyl groups is 1. The first kappa shape index (κ1) is 20.5. The zero-order valence-corrected chi connectivity index (χ0v) is 17.1. The van der Waals surface area contributed by atoms with Crippen molar-refractivity contribution >= 4 is 0 Å². The summed E-state index contributed by atoms with van der Waals surface area (Å²) < 4.78 is 22.5. The second-order valence-corrected chi connectivity index (χ2v) is 7.19. The van der Waals surface area contributed by atoms with Gasteiger partial charge in [-0.2, -0.15) is 0 Å². The maximum Gasteiger partial charge on any atom is 0.203 e. The molecular formula is C23H30O5. The predicted octanol–water partition coefficient (Wildman–Crippen LogP) is 3.81. The fourth-order valence-electron chi connectivity index (χ4n) is 4.00. The lowest BCUT2D eigenvalue weighted by atomic mass is 9.84. The van der Waals surface area contributed by atoms with Gasteiger partial charge in [0.15, 0.2) is 11.5 Å². The van der Waals surface area contributed by atoms with Gasteiger partial charge in [-0.15, -0.1) is 0 Å². The topological polar surface area (TPSA) is 57.2 Å². The third-order valence-corrected chi connectivity index (χ3v) is 5.64. The molecule has 2 aromatic carbocycles. The molecular weight excluding hydrogens is 356 g/mol. The summed E-state index contributed by atoms with van der Waals surface area (Å²) in [7, 11) is 4.79. The Hall–Kier alpha value is -2.24. The molecule has 5 heteroatoms. The molecule has 0 spiro atoms. The molecule has 1 N–H and O–H groups in total. The number of rotatable bonds is 8. The van der Waals surface area contributed by atoms with E-state index in [0.29, 0.717) is 23.9 Å². The van der Waals surface area contributed by atoms with Gasteiger partial charge in [-0.25, -0.2) is 0 Å². The Morgan fingerprint density at radius 2 is 1.57 bits per heavy atom. The van der Waals surface area contributed by atoms with E-state index in [9.17, 15) is 5.11 Å². The van der Waals surface area contributed by atoms with E-state index in [2.05, 4.69) is 31.2 Å². The minimum Gasteiger partial charge on any atom is -0.493 e. The fraction of sp³-hybridized carbons (Fsp3) is 0.478. The Bertz CT molecular complexity index is 746. The van der Waals surface area contributed by atoms with Crippen LogP contribution in [0, 0.1) is 11.8 Å². The molecule has 28 heavy (non-hydrogen) atoms. The molecule has 0 aromatic heterocycles. The number of hydrogen-bond donors (Lipinski definition) is 1. The summed E-state index contributed by atoms with van der Waals surface area (Å²) in [5.74, 6) is 2.00. The van der Waals surface area contributed by atoms with Gasteiger partial charge in [-0.1, -0.05) is 31.2 Å². The van der Waals surface area contributed by atoms with Gasteiger partial charge in [0.1, 0.15) is 0 Å². The normalized spacial score (nSPS) is 21.5. The highest BCUT2D eigenvalue weighted by molar-refractivity contribution is 5.54. The summed E-state index contributed by atoms with van der Waals surface area (Å²) in [6.07, 6.45) is 1.71. The van der Waals surface area contributed by atoms with Crippen LogP contribution in [0.4, 0.5) is 0 Å². The van der Waals surface area contributed by atoms with Gasteiger partial charge in [0.05, 0.1) is 34.0 Å². The highest BCUT2D eigenvalue weighted by Gasteiger charge is 2.38. The molecule has 1 fully saturated rings. The Balaban J connectivity index is 1.83. The van der Waals surface area contributed by atoms with Crippen molar-refractivity contribution in [2.24, 2.45) is 11.8 Å². The van der Waals surface area contributed by atoms with Crippen LogP contribution in [-0.2, 0) is 17.6 Å². The third-order valence-electron chi connectivity index (χ3n) is 5.64. The number of aryl methyl sites for hydroxylation is 1. The lowest BCUT2D eigenvalue weighted by molar-refractivity contribution is 0.0715. The quantitative estimate of drug-likeness (QED) is 0.748. The van der Waals surface area contributed by atoms with Gasteiger partial charge in [0, 0.05) is 12.5 Å². The molecule has 5 nitrogen and oxygen atoms in total. The van der Waals surface area contributed by atoms with E-state index in [1.165, 1.54) is 11.1 Å². The second kappa shape index (κ2) is 9.30. The van der Waals surface area contributed by atoms with Crippen LogP contribution in [0.15, 0.2) is 36.4 Å². The minimum atomic E-state index is -0.210. The number of aliphatic hydroxyl groups excluding tert-OH is 1. The van der Waals surface area contributed by atoms with Crippen molar-refractivity contribution in [3.63, 3.8) is 0 Å². The third kappa shape index (κ3) is 4.10. The molecule has 0 unspecified atom stereocenters. The summed E-state index contributed by atoms with van der Waals surface area (Å²) in [5, 5.41) is 10.1. The van der Waals surface area contributed by atoms with E-state index in [-0.39, 0.29) is 24.5 Å². The van der Waals surface area contributed by atoms with E-state index >= 15 is 0 Å². The summed E-state index contributed by atoms with van der Waals surface area (Å²) in [6, 6.07) is 12.5. The summed E-state index contributed by atoms with van der Waals surface area (Å²) in [4.78, 5) is 0. The van der Waals surface area contributed by atoms with Crippen molar-refractivity contribution in [2.75, 3.05) is 34.5 Å². The van der Waals surface area contributed by atoms with E-state index in [1.807, 2.05) is 12.1 Å². The van der Waals surface area contributed by atoms with Crippen LogP contribution in [0.25, 0.3) is 0 Å². The van der Waals surface area contributed by atoms with Crippen LogP contribution >= 0.6 is 0 Å². The van der Waals surface area contributed by atoms with Crippen LogP contribution < -0.4 is 14.2 Å². The van der Waals surface area contributed by atoms with Crippen LogP contribution in [0.3, 0.4) is 0 Å². The summed E-state index contributed by atoms with van der Waals surface area (Å²) in [6.45, 7) is 2.84. The SMILES string of the molecule is CCc1ccc(C[C@H]2CO[C@H](c3cc(OC)c(OC)c(OC)c3)[C@H]2CO)cc1. The fourth-order valence-corrected chi connectivity index (χ4v) is 4.00. The summed E-state index contributed by atoms with van der Waals surface area (Å²) in [5.41, 5.74) is 3.53. The molecule has 2 aromatic rings. The number of hydrogen-bond acceptors (Lipinski definition) is 5. The Morgan fingerprint density at radius 3 is 2.07 bits per heavy atom. The Kier molecular flexibility index (Phi) is 6.81. The van der Waals surface area contributed by atoms with Crippen molar-refractivity contribution in [1.29, 1.82) is 0 Å². The molecule has 3 rings (SSSR count). The zero-order chi connectivity index (χ0) is 20.1. The Morgan fingerprint density at radius 1 is 0.964 bits per heavy atom. The van der Waals surface area contributed by atoms with Gasteiger partial charge in [-0.3, -0.25) is 0 Å². The van der Waals surface area contributed by atoms with Crippen molar-refractivity contribution in [3.05, 3.63) is 53.1 Å². The van der Waals surface area contributed by atoms with Crippen molar-refractivity contribution in [2.45, 2.75) is 25.9 Å². The molecule has 0 aliphatic carbocycles. The minimum absolute atomic E-state index is 0.00802. The predicted molar refractivity (Wildman–Crippen MR) is 108 cm³/mol. The zero-order valence-electron chi connectivity index (χ0n) is 17.1. The van der Waals surface area contributed by atoms with Gasteiger partial charge >= 0.3 is 0 Å². The van der Waals surface area contributed by atoms with E-state index in [0.717, 1.165) is 18.4 Å². The average Bonchev–Trinajstić information content (AvgIpc) is 3.15. The molecule has 1 aliphatic heterocycles. The van der Waals surface area contributed by atoms with E-state index in [1.54, 1.807) is 21.3 Å². The maximum atomic E-state index is 10.1. The lowest BCUT2D eigenvalue weighted by Gasteiger charge is -2.23. The molecule has 0 saturated carbocycles. The van der Waals surface area contributed by atoms with Crippen molar-refractivity contribution in [3.8, 4) is 17.2 Å². The highest BCUT2D eigenvalue weighted by Crippen LogP contribution is 2.45. The highest BCUT2D eigenvalue weighted by atomic mass is 16.5. The van der Waals surface area contributed by atoms with E-state index in [4.69, 9.17) is 18.9 Å². The number of methoxy groups -OCH3 is 3. The molecule has 1 saturated heterocycles. The molecule has 1 heterocycles. The first-order chi connectivity index (χ1) is 13.6.